The predicted molar refractivity (Wildman–Crippen MR) is 64.7 cm³/mol. The van der Waals surface area contributed by atoms with Crippen LogP contribution in [0.5, 0.6) is 0 Å². The van der Waals surface area contributed by atoms with E-state index in [1.807, 2.05) is 30.3 Å². The number of halogens is 3. The molecule has 0 unspecified atom stereocenters. The van der Waals surface area contributed by atoms with Crippen LogP contribution in [0.25, 0.3) is 11.3 Å². The minimum absolute atomic E-state index is 0.264. The Labute approximate surface area is 103 Å². The number of nitrogens with zero attached hydrogens (tertiary/aromatic N) is 1. The summed E-state index contributed by atoms with van der Waals surface area (Å²) in [6.45, 7) is 0. The molecule has 0 aliphatic rings. The van der Waals surface area contributed by atoms with Crippen molar-refractivity contribution in [2.75, 3.05) is 0 Å². The summed E-state index contributed by atoms with van der Waals surface area (Å²) in [5, 5.41) is 1.12. The Balaban J connectivity index is 2.59. The average molecular weight is 259 g/mol. The average Bonchev–Trinajstić information content (AvgIpc) is 2.25. The van der Waals surface area contributed by atoms with Gasteiger partial charge in [0.15, 0.2) is 0 Å². The monoisotopic (exact) mass is 257 g/mol. The standard InChI is InChI=1S/C11H6Cl3N/c12-8-6-9(13)11(14)15-10(8)7-4-2-1-3-5-7/h1-6H. The van der Waals surface area contributed by atoms with Gasteiger partial charge in [-0.3, -0.25) is 0 Å². The van der Waals surface area contributed by atoms with Gasteiger partial charge in [0.25, 0.3) is 0 Å². The molecule has 0 aliphatic heterocycles. The van der Waals surface area contributed by atoms with E-state index in [1.54, 1.807) is 6.07 Å². The van der Waals surface area contributed by atoms with Gasteiger partial charge >= 0.3 is 0 Å². The third-order valence-electron chi connectivity index (χ3n) is 1.93. The van der Waals surface area contributed by atoms with Gasteiger partial charge in [-0.1, -0.05) is 65.1 Å². The van der Waals surface area contributed by atoms with E-state index in [2.05, 4.69) is 4.98 Å². The number of benzene rings is 1. The molecule has 15 heavy (non-hydrogen) atoms. The van der Waals surface area contributed by atoms with Crippen molar-refractivity contribution >= 4 is 34.8 Å². The quantitative estimate of drug-likeness (QED) is 0.675. The highest BCUT2D eigenvalue weighted by Gasteiger charge is 2.08. The first-order valence-electron chi connectivity index (χ1n) is 4.25. The zero-order chi connectivity index (χ0) is 10.8. The minimum atomic E-state index is 0.264. The van der Waals surface area contributed by atoms with Crippen LogP contribution in [-0.4, -0.2) is 4.98 Å². The van der Waals surface area contributed by atoms with Crippen LogP contribution in [0.3, 0.4) is 0 Å². The summed E-state index contributed by atoms with van der Waals surface area (Å²) in [4.78, 5) is 4.14. The lowest BCUT2D eigenvalue weighted by Crippen LogP contribution is -1.86. The molecule has 0 amide bonds. The lowest BCUT2D eigenvalue weighted by Gasteiger charge is -2.04. The SMILES string of the molecule is Clc1cc(Cl)c(-c2ccccc2)nc1Cl. The van der Waals surface area contributed by atoms with Crippen molar-refractivity contribution in [2.45, 2.75) is 0 Å². The number of aromatic nitrogens is 1. The van der Waals surface area contributed by atoms with Crippen LogP contribution in [0, 0.1) is 0 Å². The Bertz CT molecular complexity index is 483. The van der Waals surface area contributed by atoms with Gasteiger partial charge in [-0.05, 0) is 6.07 Å². The van der Waals surface area contributed by atoms with Gasteiger partial charge in [-0.25, -0.2) is 4.98 Å². The zero-order valence-corrected chi connectivity index (χ0v) is 9.81. The minimum Gasteiger partial charge on any atom is -0.233 e. The third kappa shape index (κ3) is 2.25. The van der Waals surface area contributed by atoms with Crippen LogP contribution in [0.1, 0.15) is 0 Å². The first kappa shape index (κ1) is 10.7. The van der Waals surface area contributed by atoms with E-state index in [4.69, 9.17) is 34.8 Å². The van der Waals surface area contributed by atoms with E-state index < -0.39 is 0 Å². The molecule has 2 aromatic rings. The Morgan fingerprint density at radius 2 is 1.53 bits per heavy atom. The van der Waals surface area contributed by atoms with Crippen LogP contribution >= 0.6 is 34.8 Å². The summed E-state index contributed by atoms with van der Waals surface area (Å²) in [6.07, 6.45) is 0. The highest BCUT2D eigenvalue weighted by atomic mass is 35.5. The number of rotatable bonds is 1. The summed E-state index contributed by atoms with van der Waals surface area (Å²) >= 11 is 17.7. The van der Waals surface area contributed by atoms with Crippen LogP contribution in [0.4, 0.5) is 0 Å². The lowest BCUT2D eigenvalue weighted by molar-refractivity contribution is 1.32. The van der Waals surface area contributed by atoms with Crippen molar-refractivity contribution in [2.24, 2.45) is 0 Å². The van der Waals surface area contributed by atoms with E-state index in [1.165, 1.54) is 0 Å². The third-order valence-corrected chi connectivity index (χ3v) is 2.90. The molecule has 1 heterocycles. The number of hydrogen-bond acceptors (Lipinski definition) is 1. The fraction of sp³-hybridized carbons (Fsp3) is 0. The van der Waals surface area contributed by atoms with Crippen molar-refractivity contribution < 1.29 is 0 Å². The van der Waals surface area contributed by atoms with Gasteiger partial charge < -0.3 is 0 Å². The summed E-state index contributed by atoms with van der Waals surface area (Å²) in [6, 6.07) is 11.2. The topological polar surface area (TPSA) is 12.9 Å². The van der Waals surface area contributed by atoms with E-state index in [0.29, 0.717) is 15.7 Å². The van der Waals surface area contributed by atoms with Gasteiger partial charge in [-0.15, -0.1) is 0 Å². The van der Waals surface area contributed by atoms with Gasteiger partial charge in [-0.2, -0.15) is 0 Å². The van der Waals surface area contributed by atoms with Crippen LogP contribution in [0.2, 0.25) is 15.2 Å². The summed E-state index contributed by atoms with van der Waals surface area (Å²) < 4.78 is 0. The molecule has 0 saturated heterocycles. The van der Waals surface area contributed by atoms with E-state index in [0.717, 1.165) is 5.56 Å². The van der Waals surface area contributed by atoms with Crippen LogP contribution in [-0.2, 0) is 0 Å². The van der Waals surface area contributed by atoms with Crippen molar-refractivity contribution in [1.29, 1.82) is 0 Å². The Hall–Kier alpha value is -0.760. The van der Waals surface area contributed by atoms with Crippen LogP contribution in [0.15, 0.2) is 36.4 Å². The van der Waals surface area contributed by atoms with Gasteiger partial charge in [0.1, 0.15) is 5.15 Å². The Kier molecular flexibility index (Phi) is 3.15. The molecule has 1 nitrogen and oxygen atoms in total. The van der Waals surface area contributed by atoms with Gasteiger partial charge in [0, 0.05) is 5.56 Å². The molecule has 2 rings (SSSR count). The molecular weight excluding hydrogens is 252 g/mol. The molecule has 0 atom stereocenters. The molecule has 1 aromatic heterocycles. The zero-order valence-electron chi connectivity index (χ0n) is 7.55. The summed E-state index contributed by atoms with van der Waals surface area (Å²) in [5.41, 5.74) is 1.56. The molecule has 0 bridgehead atoms. The number of pyridine rings is 1. The first-order valence-corrected chi connectivity index (χ1v) is 5.39. The van der Waals surface area contributed by atoms with Crippen molar-refractivity contribution in [3.05, 3.63) is 51.6 Å². The normalized spacial score (nSPS) is 10.3. The fourth-order valence-corrected chi connectivity index (χ4v) is 1.85. The highest BCUT2D eigenvalue weighted by molar-refractivity contribution is 6.42. The highest BCUT2D eigenvalue weighted by Crippen LogP contribution is 2.31. The van der Waals surface area contributed by atoms with Crippen LogP contribution < -0.4 is 0 Å². The Morgan fingerprint density at radius 1 is 0.867 bits per heavy atom. The second-order valence-electron chi connectivity index (χ2n) is 2.96. The maximum absolute atomic E-state index is 6.03. The molecule has 0 aliphatic carbocycles. The fourth-order valence-electron chi connectivity index (χ4n) is 1.24. The second kappa shape index (κ2) is 4.40. The summed E-state index contributed by atoms with van der Waals surface area (Å²) in [5.74, 6) is 0. The molecule has 0 fully saturated rings. The van der Waals surface area contributed by atoms with E-state index in [-0.39, 0.29) is 5.15 Å². The van der Waals surface area contributed by atoms with Crippen molar-refractivity contribution in [3.63, 3.8) is 0 Å². The van der Waals surface area contributed by atoms with Crippen molar-refractivity contribution in [1.82, 2.24) is 4.98 Å². The molecule has 0 spiro atoms. The molecular formula is C11H6Cl3N. The second-order valence-corrected chi connectivity index (χ2v) is 4.13. The Morgan fingerprint density at radius 3 is 2.20 bits per heavy atom. The predicted octanol–water partition coefficient (Wildman–Crippen LogP) is 4.71. The van der Waals surface area contributed by atoms with Crippen molar-refractivity contribution in [3.8, 4) is 11.3 Å². The van der Waals surface area contributed by atoms with Gasteiger partial charge in [0.05, 0.1) is 15.7 Å². The molecule has 0 N–H and O–H groups in total. The smallest absolute Gasteiger partial charge is 0.148 e. The molecule has 1 aromatic carbocycles. The number of hydrogen-bond donors (Lipinski definition) is 0. The van der Waals surface area contributed by atoms with E-state index in [9.17, 15) is 0 Å². The largest absolute Gasteiger partial charge is 0.233 e. The van der Waals surface area contributed by atoms with E-state index >= 15 is 0 Å². The molecule has 4 heteroatoms. The first-order chi connectivity index (χ1) is 7.18. The maximum Gasteiger partial charge on any atom is 0.148 e. The lowest BCUT2D eigenvalue weighted by atomic mass is 10.1. The maximum atomic E-state index is 6.03. The molecule has 0 radical (unpaired) electrons. The summed E-state index contributed by atoms with van der Waals surface area (Å²) in [7, 11) is 0. The molecule has 0 saturated carbocycles. The molecule has 76 valence electrons. The van der Waals surface area contributed by atoms with Gasteiger partial charge in [0.2, 0.25) is 0 Å².